The topological polar surface area (TPSA) is 130 Å². The lowest BCUT2D eigenvalue weighted by atomic mass is 10.0. The second-order valence-electron chi connectivity index (χ2n) is 7.56. The SMILES string of the molecule is CN(C)C(=O)[C@H](Cc1ccccc1)NC(=O)C1OC1C(=O)NCCc1cccc(N)n1. The average Bonchev–Trinajstić information content (AvgIpc) is 3.54. The highest BCUT2D eigenvalue weighted by Crippen LogP contribution is 2.23. The summed E-state index contributed by atoms with van der Waals surface area (Å²) in [7, 11) is 3.26. The van der Waals surface area contributed by atoms with Gasteiger partial charge in [0, 0.05) is 39.2 Å². The van der Waals surface area contributed by atoms with Gasteiger partial charge in [0.1, 0.15) is 11.9 Å². The summed E-state index contributed by atoms with van der Waals surface area (Å²) < 4.78 is 5.27. The number of nitrogen functional groups attached to an aromatic ring is 1. The van der Waals surface area contributed by atoms with Gasteiger partial charge >= 0.3 is 0 Å². The minimum Gasteiger partial charge on any atom is -0.384 e. The lowest BCUT2D eigenvalue weighted by Crippen LogP contribution is -2.49. The molecule has 4 N–H and O–H groups in total. The van der Waals surface area contributed by atoms with Crippen LogP contribution in [0.1, 0.15) is 11.3 Å². The molecule has 1 saturated heterocycles. The molecule has 2 aromatic rings. The molecule has 9 nitrogen and oxygen atoms in total. The summed E-state index contributed by atoms with van der Waals surface area (Å²) in [5, 5.41) is 5.45. The smallest absolute Gasteiger partial charge is 0.253 e. The van der Waals surface area contributed by atoms with Crippen molar-refractivity contribution in [3.63, 3.8) is 0 Å². The van der Waals surface area contributed by atoms with E-state index in [-0.39, 0.29) is 11.8 Å². The van der Waals surface area contributed by atoms with Crippen molar-refractivity contribution in [3.8, 4) is 0 Å². The van der Waals surface area contributed by atoms with E-state index < -0.39 is 24.2 Å². The normalized spacial score (nSPS) is 18.0. The van der Waals surface area contributed by atoms with Gasteiger partial charge in [-0.2, -0.15) is 0 Å². The molecule has 3 amide bonds. The molecule has 3 atom stereocenters. The zero-order valence-corrected chi connectivity index (χ0v) is 17.6. The molecule has 3 rings (SSSR count). The fraction of sp³-hybridized carbons (Fsp3) is 0.364. The van der Waals surface area contributed by atoms with E-state index in [1.807, 2.05) is 36.4 Å². The lowest BCUT2D eigenvalue weighted by molar-refractivity contribution is -0.134. The van der Waals surface area contributed by atoms with Crippen molar-refractivity contribution >= 4 is 23.5 Å². The van der Waals surface area contributed by atoms with Crippen molar-refractivity contribution < 1.29 is 19.1 Å². The van der Waals surface area contributed by atoms with Gasteiger partial charge in [0.25, 0.3) is 11.8 Å². The highest BCUT2D eigenvalue weighted by molar-refractivity contribution is 5.97. The Morgan fingerprint density at radius 3 is 2.45 bits per heavy atom. The third-order valence-electron chi connectivity index (χ3n) is 4.86. The van der Waals surface area contributed by atoms with E-state index in [1.165, 1.54) is 4.90 Å². The van der Waals surface area contributed by atoms with Crippen LogP contribution in [0.3, 0.4) is 0 Å². The number of rotatable bonds is 9. The number of benzene rings is 1. The molecule has 0 spiro atoms. The first-order valence-electron chi connectivity index (χ1n) is 10.0. The summed E-state index contributed by atoms with van der Waals surface area (Å²) in [5.41, 5.74) is 7.32. The quantitative estimate of drug-likeness (QED) is 0.481. The fourth-order valence-corrected chi connectivity index (χ4v) is 3.18. The van der Waals surface area contributed by atoms with Crippen LogP contribution in [-0.2, 0) is 32.0 Å². The Morgan fingerprint density at radius 1 is 1.06 bits per heavy atom. The van der Waals surface area contributed by atoms with Gasteiger partial charge in [-0.15, -0.1) is 0 Å². The number of hydrogen-bond donors (Lipinski definition) is 3. The zero-order valence-electron chi connectivity index (χ0n) is 17.6. The Labute approximate surface area is 181 Å². The van der Waals surface area contributed by atoms with Gasteiger partial charge in [0.15, 0.2) is 12.2 Å². The summed E-state index contributed by atoms with van der Waals surface area (Å²) in [6.07, 6.45) is -0.906. The number of nitrogens with two attached hydrogens (primary N) is 1. The molecule has 1 fully saturated rings. The van der Waals surface area contributed by atoms with Crippen LogP contribution in [0, 0.1) is 0 Å². The predicted octanol–water partition coefficient (Wildman–Crippen LogP) is -0.0944. The standard InChI is InChI=1S/C22H27N5O4/c1-27(2)22(30)16(13-14-7-4-3-5-8-14)26-21(29)19-18(31-19)20(28)24-12-11-15-9-6-10-17(23)25-15/h3-10,16,18-19H,11-13H2,1-2H3,(H2,23,25)(H,24,28)(H,26,29)/t16-,18?,19?/m0/s1. The van der Waals surface area contributed by atoms with Gasteiger partial charge in [-0.25, -0.2) is 4.98 Å². The Morgan fingerprint density at radius 2 is 1.77 bits per heavy atom. The van der Waals surface area contributed by atoms with Gasteiger partial charge in [-0.05, 0) is 17.7 Å². The number of carbonyl (C=O) groups excluding carboxylic acids is 3. The van der Waals surface area contributed by atoms with Gasteiger partial charge in [0.05, 0.1) is 0 Å². The predicted molar refractivity (Wildman–Crippen MR) is 115 cm³/mol. The molecule has 31 heavy (non-hydrogen) atoms. The highest BCUT2D eigenvalue weighted by atomic mass is 16.6. The molecule has 1 aromatic heterocycles. The third kappa shape index (κ3) is 6.26. The van der Waals surface area contributed by atoms with Crippen LogP contribution in [0.4, 0.5) is 5.82 Å². The Bertz CT molecular complexity index is 935. The highest BCUT2D eigenvalue weighted by Gasteiger charge is 2.50. The number of nitrogens with one attached hydrogen (secondary N) is 2. The first-order chi connectivity index (χ1) is 14.8. The van der Waals surface area contributed by atoms with Crippen LogP contribution in [0.15, 0.2) is 48.5 Å². The van der Waals surface area contributed by atoms with Crippen molar-refractivity contribution in [1.29, 1.82) is 0 Å². The van der Waals surface area contributed by atoms with Crippen LogP contribution < -0.4 is 16.4 Å². The number of aromatic nitrogens is 1. The summed E-state index contributed by atoms with van der Waals surface area (Å²) in [6.45, 7) is 0.346. The number of pyridine rings is 1. The minimum absolute atomic E-state index is 0.228. The molecule has 164 valence electrons. The van der Waals surface area contributed by atoms with Gasteiger partial charge in [-0.3, -0.25) is 14.4 Å². The molecule has 0 bridgehead atoms. The number of carbonyl (C=O) groups is 3. The molecule has 2 unspecified atom stereocenters. The van der Waals surface area contributed by atoms with Crippen molar-refractivity contribution in [2.75, 3.05) is 26.4 Å². The molecular formula is C22H27N5O4. The molecule has 1 aliphatic rings. The van der Waals surface area contributed by atoms with E-state index in [0.29, 0.717) is 25.2 Å². The first-order valence-corrected chi connectivity index (χ1v) is 10.0. The largest absolute Gasteiger partial charge is 0.384 e. The van der Waals surface area contributed by atoms with E-state index in [4.69, 9.17) is 10.5 Å². The number of likely N-dealkylation sites (N-methyl/N-ethyl adjacent to an activating group) is 1. The molecule has 0 saturated carbocycles. The number of anilines is 1. The van der Waals surface area contributed by atoms with Gasteiger partial charge in [-0.1, -0.05) is 36.4 Å². The molecule has 1 aromatic carbocycles. The Hall–Kier alpha value is -3.46. The maximum Gasteiger partial charge on any atom is 0.253 e. The van der Waals surface area contributed by atoms with Gasteiger partial charge in [0.2, 0.25) is 5.91 Å². The van der Waals surface area contributed by atoms with E-state index in [2.05, 4.69) is 15.6 Å². The second kappa shape index (κ2) is 10.0. The molecule has 0 radical (unpaired) electrons. The van der Waals surface area contributed by atoms with Crippen molar-refractivity contribution in [1.82, 2.24) is 20.5 Å². The van der Waals surface area contributed by atoms with Crippen molar-refractivity contribution in [2.45, 2.75) is 31.1 Å². The van der Waals surface area contributed by atoms with Crippen LogP contribution in [-0.4, -0.2) is 66.5 Å². The average molecular weight is 425 g/mol. The first kappa shape index (κ1) is 22.2. The van der Waals surface area contributed by atoms with Crippen LogP contribution in [0.25, 0.3) is 0 Å². The van der Waals surface area contributed by atoms with E-state index in [0.717, 1.165) is 11.3 Å². The summed E-state index contributed by atoms with van der Waals surface area (Å²) in [6, 6.07) is 14.0. The zero-order chi connectivity index (χ0) is 22.4. The van der Waals surface area contributed by atoms with Crippen molar-refractivity contribution in [2.24, 2.45) is 0 Å². The maximum absolute atomic E-state index is 12.6. The molecule has 0 aliphatic carbocycles. The maximum atomic E-state index is 12.6. The minimum atomic E-state index is -0.904. The van der Waals surface area contributed by atoms with Gasteiger partial charge < -0.3 is 26.0 Å². The number of ether oxygens (including phenoxy) is 1. The van der Waals surface area contributed by atoms with Crippen LogP contribution in [0.2, 0.25) is 0 Å². The Balaban J connectivity index is 1.49. The van der Waals surface area contributed by atoms with Crippen molar-refractivity contribution in [3.05, 3.63) is 59.8 Å². The van der Waals surface area contributed by atoms with E-state index >= 15 is 0 Å². The Kier molecular flexibility index (Phi) is 7.19. The van der Waals surface area contributed by atoms with E-state index in [9.17, 15) is 14.4 Å². The number of nitrogens with zero attached hydrogens (tertiary/aromatic N) is 2. The third-order valence-corrected chi connectivity index (χ3v) is 4.86. The van der Waals surface area contributed by atoms with E-state index in [1.54, 1.807) is 26.2 Å². The van der Waals surface area contributed by atoms with Crippen LogP contribution >= 0.6 is 0 Å². The number of amides is 3. The lowest BCUT2D eigenvalue weighted by Gasteiger charge is -2.21. The number of hydrogen-bond acceptors (Lipinski definition) is 6. The summed E-state index contributed by atoms with van der Waals surface area (Å²) >= 11 is 0. The molecule has 1 aliphatic heterocycles. The monoisotopic (exact) mass is 425 g/mol. The molecular weight excluding hydrogens is 398 g/mol. The molecule has 9 heteroatoms. The number of epoxide rings is 1. The van der Waals surface area contributed by atoms with Crippen LogP contribution in [0.5, 0.6) is 0 Å². The molecule has 2 heterocycles. The summed E-state index contributed by atoms with van der Waals surface area (Å²) in [4.78, 5) is 42.9. The fourth-order valence-electron chi connectivity index (χ4n) is 3.18. The second-order valence-corrected chi connectivity index (χ2v) is 7.56. The summed E-state index contributed by atoms with van der Waals surface area (Å²) in [5.74, 6) is -0.659.